The van der Waals surface area contributed by atoms with E-state index in [2.05, 4.69) is 0 Å². The van der Waals surface area contributed by atoms with Crippen LogP contribution in [0.25, 0.3) is 0 Å². The second-order valence-electron chi connectivity index (χ2n) is 2.45. The first kappa shape index (κ1) is 8.30. The maximum absolute atomic E-state index is 7.16. The lowest BCUT2D eigenvalue weighted by Crippen LogP contribution is -2.49. The van der Waals surface area contributed by atoms with Gasteiger partial charge in [-0.3, -0.25) is 0 Å². The van der Waals surface area contributed by atoms with E-state index in [4.69, 9.17) is 16.6 Å². The first-order valence-corrected chi connectivity index (χ1v) is 2.79. The minimum absolute atomic E-state index is 0.329. The van der Waals surface area contributed by atoms with Gasteiger partial charge in [0.1, 0.15) is 0 Å². The van der Waals surface area contributed by atoms with E-state index in [1.54, 1.807) is 20.8 Å². The Morgan fingerprint density at radius 1 is 1.22 bits per heavy atom. The van der Waals surface area contributed by atoms with Crippen molar-refractivity contribution >= 4 is 11.4 Å². The van der Waals surface area contributed by atoms with Crippen LogP contribution in [0.4, 0.5) is 0 Å². The predicted octanol–water partition coefficient (Wildman–Crippen LogP) is 0.783. The fourth-order valence-corrected chi connectivity index (χ4v) is 0.281. The van der Waals surface area contributed by atoms with Gasteiger partial charge in [-0.2, -0.15) is 0 Å². The summed E-state index contributed by atoms with van der Waals surface area (Å²) in [5.74, 6) is 0. The van der Waals surface area contributed by atoms with Crippen molar-refractivity contribution < 1.29 is 0 Å². The number of nitrogens with one attached hydrogen (secondary N) is 2. The fourth-order valence-electron chi connectivity index (χ4n) is 0.281. The highest BCUT2D eigenvalue weighted by Gasteiger charge is 2.22. The van der Waals surface area contributed by atoms with Crippen LogP contribution in [0.5, 0.6) is 0 Å². The van der Waals surface area contributed by atoms with Crippen LogP contribution in [-0.4, -0.2) is 17.0 Å². The molecule has 0 aromatic rings. The van der Waals surface area contributed by atoms with Gasteiger partial charge in [-0.15, -0.1) is 0 Å². The van der Waals surface area contributed by atoms with Crippen LogP contribution >= 0.6 is 0 Å². The summed E-state index contributed by atoms with van der Waals surface area (Å²) >= 11 is 0. The Morgan fingerprint density at radius 3 is 1.44 bits per heavy atom. The molecule has 9 heavy (non-hydrogen) atoms. The summed E-state index contributed by atoms with van der Waals surface area (Å²) in [6, 6.07) is 0. The van der Waals surface area contributed by atoms with Crippen LogP contribution in [0.1, 0.15) is 20.8 Å². The Morgan fingerprint density at radius 2 is 1.44 bits per heavy atom. The topological polar surface area (TPSA) is 73.7 Å². The lowest BCUT2D eigenvalue weighted by Gasteiger charge is -2.21. The standard InChI is InChI=1S/C6H13N3/c1-4(7)6(3,9)5(2)8/h7-8H,9H2,1-3H3. The van der Waals surface area contributed by atoms with Gasteiger partial charge in [0.25, 0.3) is 0 Å². The molecule has 0 amide bonds. The summed E-state index contributed by atoms with van der Waals surface area (Å²) in [5.41, 5.74) is 5.38. The molecule has 0 aromatic heterocycles. The molecular weight excluding hydrogens is 114 g/mol. The van der Waals surface area contributed by atoms with Gasteiger partial charge in [-0.05, 0) is 20.8 Å². The maximum Gasteiger partial charge on any atom is 0.0883 e. The van der Waals surface area contributed by atoms with Crippen LogP contribution in [0.3, 0.4) is 0 Å². The van der Waals surface area contributed by atoms with Gasteiger partial charge in [-0.25, -0.2) is 0 Å². The van der Waals surface area contributed by atoms with Crippen molar-refractivity contribution in [2.75, 3.05) is 0 Å². The van der Waals surface area contributed by atoms with Crippen LogP contribution in [0.15, 0.2) is 0 Å². The van der Waals surface area contributed by atoms with Crippen molar-refractivity contribution in [1.29, 1.82) is 10.8 Å². The summed E-state index contributed by atoms with van der Waals surface area (Å²) in [4.78, 5) is 0. The molecule has 3 nitrogen and oxygen atoms in total. The van der Waals surface area contributed by atoms with Crippen LogP contribution in [-0.2, 0) is 0 Å². The zero-order chi connectivity index (χ0) is 7.65. The molecule has 0 aliphatic carbocycles. The van der Waals surface area contributed by atoms with Crippen LogP contribution < -0.4 is 5.73 Å². The summed E-state index contributed by atoms with van der Waals surface area (Å²) in [5, 5.41) is 14.3. The van der Waals surface area contributed by atoms with Crippen molar-refractivity contribution in [3.63, 3.8) is 0 Å². The van der Waals surface area contributed by atoms with Gasteiger partial charge < -0.3 is 16.6 Å². The molecule has 0 atom stereocenters. The molecule has 0 rings (SSSR count). The third-order valence-corrected chi connectivity index (χ3v) is 1.56. The van der Waals surface area contributed by atoms with E-state index in [9.17, 15) is 0 Å². The summed E-state index contributed by atoms with van der Waals surface area (Å²) in [7, 11) is 0. The highest BCUT2D eigenvalue weighted by Crippen LogP contribution is 2.01. The molecule has 3 heteroatoms. The summed E-state index contributed by atoms with van der Waals surface area (Å²) in [6.45, 7) is 4.88. The van der Waals surface area contributed by atoms with Gasteiger partial charge in [-0.1, -0.05) is 0 Å². The lowest BCUT2D eigenvalue weighted by atomic mass is 9.93. The van der Waals surface area contributed by atoms with Gasteiger partial charge in [0, 0.05) is 11.4 Å². The van der Waals surface area contributed by atoms with E-state index in [0.29, 0.717) is 11.4 Å². The predicted molar refractivity (Wildman–Crippen MR) is 39.4 cm³/mol. The van der Waals surface area contributed by atoms with Gasteiger partial charge >= 0.3 is 0 Å². The van der Waals surface area contributed by atoms with Gasteiger partial charge in [0.05, 0.1) is 5.54 Å². The number of rotatable bonds is 2. The van der Waals surface area contributed by atoms with Crippen LogP contribution in [0.2, 0.25) is 0 Å². The third-order valence-electron chi connectivity index (χ3n) is 1.56. The van der Waals surface area contributed by atoms with E-state index in [1.807, 2.05) is 0 Å². The highest BCUT2D eigenvalue weighted by atomic mass is 14.8. The molecule has 0 aliphatic heterocycles. The maximum atomic E-state index is 7.16. The van der Waals surface area contributed by atoms with E-state index in [-0.39, 0.29) is 0 Å². The minimum Gasteiger partial charge on any atom is -0.316 e. The Bertz CT molecular complexity index is 130. The van der Waals surface area contributed by atoms with E-state index >= 15 is 0 Å². The van der Waals surface area contributed by atoms with Crippen molar-refractivity contribution in [2.24, 2.45) is 5.73 Å². The summed E-state index contributed by atoms with van der Waals surface area (Å²) in [6.07, 6.45) is 0. The summed E-state index contributed by atoms with van der Waals surface area (Å²) < 4.78 is 0. The molecule has 0 saturated heterocycles. The second-order valence-corrected chi connectivity index (χ2v) is 2.45. The van der Waals surface area contributed by atoms with Gasteiger partial charge in [0.2, 0.25) is 0 Å². The first-order chi connectivity index (χ1) is 3.89. The number of hydrogen-bond acceptors (Lipinski definition) is 3. The molecule has 0 bridgehead atoms. The molecule has 4 N–H and O–H groups in total. The SMILES string of the molecule is CC(=N)C(C)(N)C(C)=N. The molecule has 0 radical (unpaired) electrons. The van der Waals surface area contributed by atoms with E-state index in [1.165, 1.54) is 0 Å². The number of hydrogen-bond donors (Lipinski definition) is 3. The van der Waals surface area contributed by atoms with E-state index in [0.717, 1.165) is 0 Å². The minimum atomic E-state index is -0.833. The van der Waals surface area contributed by atoms with Crippen molar-refractivity contribution in [1.82, 2.24) is 0 Å². The van der Waals surface area contributed by atoms with Crippen molar-refractivity contribution in [3.05, 3.63) is 0 Å². The first-order valence-electron chi connectivity index (χ1n) is 2.79. The normalized spacial score (nSPS) is 16.4. The molecular formula is C6H13N3. The second kappa shape index (κ2) is 2.27. The Kier molecular flexibility index (Phi) is 2.09. The molecule has 0 fully saturated rings. The fraction of sp³-hybridized carbons (Fsp3) is 0.667. The molecule has 0 aliphatic rings. The Labute approximate surface area is 55.3 Å². The Balaban J connectivity index is 4.38. The largest absolute Gasteiger partial charge is 0.316 e. The van der Waals surface area contributed by atoms with Crippen molar-refractivity contribution in [2.45, 2.75) is 26.3 Å². The van der Waals surface area contributed by atoms with Crippen molar-refractivity contribution in [3.8, 4) is 0 Å². The average molecular weight is 127 g/mol. The quantitative estimate of drug-likeness (QED) is 0.471. The van der Waals surface area contributed by atoms with Crippen LogP contribution in [0, 0.1) is 10.8 Å². The molecule has 0 spiro atoms. The Hall–Kier alpha value is -0.700. The third kappa shape index (κ3) is 1.61. The molecule has 52 valence electrons. The zero-order valence-corrected chi connectivity index (χ0v) is 6.08. The molecule has 0 heterocycles. The van der Waals surface area contributed by atoms with Gasteiger partial charge in [0.15, 0.2) is 0 Å². The monoisotopic (exact) mass is 127 g/mol. The average Bonchev–Trinajstić information content (AvgIpc) is 1.65. The lowest BCUT2D eigenvalue weighted by molar-refractivity contribution is 0.807. The molecule has 0 unspecified atom stereocenters. The molecule has 0 saturated carbocycles. The zero-order valence-electron chi connectivity index (χ0n) is 6.08. The number of nitrogens with two attached hydrogens (primary N) is 1. The van der Waals surface area contributed by atoms with E-state index < -0.39 is 5.54 Å². The molecule has 0 aromatic carbocycles. The smallest absolute Gasteiger partial charge is 0.0883 e. The highest BCUT2D eigenvalue weighted by molar-refractivity contribution is 6.11.